The van der Waals surface area contributed by atoms with Crippen LogP contribution in [-0.2, 0) is 6.61 Å². The van der Waals surface area contributed by atoms with E-state index < -0.39 is 0 Å². The molecular weight excluding hydrogens is 502 g/mol. The van der Waals surface area contributed by atoms with Crippen molar-refractivity contribution in [2.45, 2.75) is 13.5 Å². The molecule has 3 rings (SSSR count). The molecule has 0 radical (unpaired) electrons. The standard InChI is InChI=1S/C23H16Br2ClNO/c1-15-2-4-16(5-3-15)14-28-23-18(11-20(24)12-22(23)25)10-19(13-27)17-6-8-21(26)9-7-17/h2-12H,14H2,1H3/b19-10+. The highest BCUT2D eigenvalue weighted by molar-refractivity contribution is 9.11. The summed E-state index contributed by atoms with van der Waals surface area (Å²) in [6.45, 7) is 2.49. The van der Waals surface area contributed by atoms with E-state index in [1.165, 1.54) is 5.56 Å². The summed E-state index contributed by atoms with van der Waals surface area (Å²) in [5.74, 6) is 0.686. The van der Waals surface area contributed by atoms with Gasteiger partial charge in [-0.2, -0.15) is 5.26 Å². The van der Waals surface area contributed by atoms with Gasteiger partial charge in [0.1, 0.15) is 12.4 Å². The van der Waals surface area contributed by atoms with Crippen LogP contribution in [0.4, 0.5) is 0 Å². The van der Waals surface area contributed by atoms with Crippen molar-refractivity contribution in [2.75, 3.05) is 0 Å². The SMILES string of the molecule is Cc1ccc(COc2c(Br)cc(Br)cc2/C=C(\C#N)c2ccc(Cl)cc2)cc1. The first-order valence-corrected chi connectivity index (χ1v) is 10.5. The number of hydrogen-bond donors (Lipinski definition) is 0. The Hall–Kier alpha value is -2.06. The summed E-state index contributed by atoms with van der Waals surface area (Å²) in [6, 6.07) is 21.5. The third-order valence-electron chi connectivity index (χ3n) is 4.12. The van der Waals surface area contributed by atoms with Gasteiger partial charge in [0, 0.05) is 15.1 Å². The summed E-state index contributed by atoms with van der Waals surface area (Å²) < 4.78 is 7.81. The Morgan fingerprint density at radius 2 is 1.75 bits per heavy atom. The molecule has 0 aliphatic carbocycles. The molecule has 0 N–H and O–H groups in total. The van der Waals surface area contributed by atoms with Crippen molar-refractivity contribution in [3.63, 3.8) is 0 Å². The van der Waals surface area contributed by atoms with Crippen LogP contribution in [0.25, 0.3) is 11.6 Å². The molecule has 0 spiro atoms. The predicted octanol–water partition coefficient (Wildman–Crippen LogP) is 7.82. The van der Waals surface area contributed by atoms with E-state index in [0.717, 1.165) is 25.6 Å². The van der Waals surface area contributed by atoms with Crippen molar-refractivity contribution in [1.82, 2.24) is 0 Å². The van der Waals surface area contributed by atoms with Crippen LogP contribution in [0.5, 0.6) is 5.75 Å². The zero-order valence-corrected chi connectivity index (χ0v) is 19.0. The second kappa shape index (κ2) is 9.43. The lowest BCUT2D eigenvalue weighted by Gasteiger charge is -2.13. The summed E-state index contributed by atoms with van der Waals surface area (Å²) in [6.07, 6.45) is 1.82. The van der Waals surface area contributed by atoms with Gasteiger partial charge < -0.3 is 4.74 Å². The Labute approximate surface area is 186 Å². The molecule has 140 valence electrons. The molecule has 28 heavy (non-hydrogen) atoms. The first-order valence-electron chi connectivity index (χ1n) is 8.51. The van der Waals surface area contributed by atoms with Crippen LogP contribution in [-0.4, -0.2) is 0 Å². The average Bonchev–Trinajstić information content (AvgIpc) is 2.67. The molecule has 0 saturated carbocycles. The van der Waals surface area contributed by atoms with E-state index in [2.05, 4.69) is 57.0 Å². The zero-order chi connectivity index (χ0) is 20.1. The maximum Gasteiger partial charge on any atom is 0.141 e. The second-order valence-corrected chi connectivity index (χ2v) is 8.46. The minimum atomic E-state index is 0.435. The molecule has 3 aromatic carbocycles. The highest BCUT2D eigenvalue weighted by atomic mass is 79.9. The Bertz CT molecular complexity index is 1050. The van der Waals surface area contributed by atoms with Crippen molar-refractivity contribution in [3.8, 4) is 11.8 Å². The lowest BCUT2D eigenvalue weighted by molar-refractivity contribution is 0.303. The molecule has 5 heteroatoms. The Morgan fingerprint density at radius 3 is 2.39 bits per heavy atom. The molecule has 0 aliphatic heterocycles. The molecule has 0 bridgehead atoms. The van der Waals surface area contributed by atoms with Gasteiger partial charge in [-0.3, -0.25) is 0 Å². The number of halogens is 3. The molecule has 0 fully saturated rings. The van der Waals surface area contributed by atoms with Crippen LogP contribution < -0.4 is 4.74 Å². The van der Waals surface area contributed by atoms with Crippen molar-refractivity contribution >= 4 is 55.1 Å². The highest BCUT2D eigenvalue weighted by Gasteiger charge is 2.11. The van der Waals surface area contributed by atoms with E-state index in [0.29, 0.717) is 23.0 Å². The van der Waals surface area contributed by atoms with Crippen molar-refractivity contribution in [2.24, 2.45) is 0 Å². The molecule has 0 saturated heterocycles. The summed E-state index contributed by atoms with van der Waals surface area (Å²) in [5.41, 5.74) is 4.42. The van der Waals surface area contributed by atoms with Gasteiger partial charge >= 0.3 is 0 Å². The van der Waals surface area contributed by atoms with Crippen LogP contribution in [0.15, 0.2) is 69.6 Å². The molecule has 3 aromatic rings. The minimum Gasteiger partial charge on any atom is -0.487 e. The summed E-state index contributed by atoms with van der Waals surface area (Å²) in [4.78, 5) is 0. The fourth-order valence-electron chi connectivity index (χ4n) is 2.64. The smallest absolute Gasteiger partial charge is 0.141 e. The number of rotatable bonds is 5. The Balaban J connectivity index is 1.96. The molecule has 0 unspecified atom stereocenters. The number of benzene rings is 3. The van der Waals surface area contributed by atoms with Crippen LogP contribution in [0, 0.1) is 18.3 Å². The third-order valence-corrected chi connectivity index (χ3v) is 5.42. The van der Waals surface area contributed by atoms with Crippen molar-refractivity contribution in [1.29, 1.82) is 5.26 Å². The first kappa shape index (κ1) is 20.7. The van der Waals surface area contributed by atoms with Gasteiger partial charge in [-0.15, -0.1) is 0 Å². The zero-order valence-electron chi connectivity index (χ0n) is 15.0. The number of ether oxygens (including phenoxy) is 1. The number of nitrogens with zero attached hydrogens (tertiary/aromatic N) is 1. The summed E-state index contributed by atoms with van der Waals surface area (Å²) in [5, 5.41) is 10.3. The summed E-state index contributed by atoms with van der Waals surface area (Å²) in [7, 11) is 0. The van der Waals surface area contributed by atoms with Gasteiger partial charge in [0.2, 0.25) is 0 Å². The molecule has 2 nitrogen and oxygen atoms in total. The second-order valence-electron chi connectivity index (χ2n) is 6.26. The normalized spacial score (nSPS) is 11.2. The number of hydrogen-bond acceptors (Lipinski definition) is 2. The lowest BCUT2D eigenvalue weighted by atomic mass is 10.0. The lowest BCUT2D eigenvalue weighted by Crippen LogP contribution is -1.98. The topological polar surface area (TPSA) is 33.0 Å². The predicted molar refractivity (Wildman–Crippen MR) is 122 cm³/mol. The highest BCUT2D eigenvalue weighted by Crippen LogP contribution is 2.36. The molecule has 0 amide bonds. The molecular formula is C23H16Br2ClNO. The van der Waals surface area contributed by atoms with Crippen LogP contribution in [0.3, 0.4) is 0 Å². The van der Waals surface area contributed by atoms with Crippen LogP contribution >= 0.6 is 43.5 Å². The Morgan fingerprint density at radius 1 is 1.07 bits per heavy atom. The molecule has 0 heterocycles. The van der Waals surface area contributed by atoms with Crippen molar-refractivity contribution < 1.29 is 4.74 Å². The molecule has 0 aromatic heterocycles. The van der Waals surface area contributed by atoms with Gasteiger partial charge in [-0.1, -0.05) is 69.5 Å². The first-order chi connectivity index (χ1) is 13.5. The van der Waals surface area contributed by atoms with E-state index >= 15 is 0 Å². The van der Waals surface area contributed by atoms with E-state index in [4.69, 9.17) is 16.3 Å². The summed E-state index contributed by atoms with van der Waals surface area (Å²) >= 11 is 13.1. The van der Waals surface area contributed by atoms with E-state index in [-0.39, 0.29) is 0 Å². The van der Waals surface area contributed by atoms with Gasteiger partial charge in [-0.25, -0.2) is 0 Å². The third kappa shape index (κ3) is 5.26. The largest absolute Gasteiger partial charge is 0.487 e. The van der Waals surface area contributed by atoms with E-state index in [1.807, 2.05) is 42.5 Å². The maximum atomic E-state index is 9.66. The van der Waals surface area contributed by atoms with E-state index in [1.54, 1.807) is 12.1 Å². The quantitative estimate of drug-likeness (QED) is 0.255. The monoisotopic (exact) mass is 515 g/mol. The maximum absolute atomic E-state index is 9.66. The van der Waals surface area contributed by atoms with E-state index in [9.17, 15) is 5.26 Å². The average molecular weight is 518 g/mol. The Kier molecular flexibility index (Phi) is 6.96. The number of allylic oxidation sites excluding steroid dienone is 1. The molecule has 0 atom stereocenters. The van der Waals surface area contributed by atoms with Crippen LogP contribution in [0.2, 0.25) is 5.02 Å². The van der Waals surface area contributed by atoms with Gasteiger partial charge in [0.15, 0.2) is 0 Å². The van der Waals surface area contributed by atoms with Crippen LogP contribution in [0.1, 0.15) is 22.3 Å². The van der Waals surface area contributed by atoms with Gasteiger partial charge in [0.25, 0.3) is 0 Å². The minimum absolute atomic E-state index is 0.435. The van der Waals surface area contributed by atoms with Gasteiger partial charge in [-0.05, 0) is 64.3 Å². The van der Waals surface area contributed by atoms with Gasteiger partial charge in [0.05, 0.1) is 16.1 Å². The molecule has 0 aliphatic rings. The van der Waals surface area contributed by atoms with Crippen molar-refractivity contribution in [3.05, 3.63) is 96.9 Å². The fourth-order valence-corrected chi connectivity index (χ4v) is 4.14. The number of aryl methyl sites for hydroxylation is 1. The number of nitriles is 1. The fraction of sp³-hybridized carbons (Fsp3) is 0.0870.